The van der Waals surface area contributed by atoms with E-state index in [0.29, 0.717) is 6.10 Å². The molecule has 1 aromatic rings. The summed E-state index contributed by atoms with van der Waals surface area (Å²) in [5, 5.41) is 0. The molecule has 0 bridgehead atoms. The van der Waals surface area contributed by atoms with Gasteiger partial charge in [0.2, 0.25) is 0 Å². The van der Waals surface area contributed by atoms with Gasteiger partial charge in [0.15, 0.2) is 0 Å². The lowest BCUT2D eigenvalue weighted by Gasteiger charge is -2.33. The number of para-hydroxylation sites is 1. The van der Waals surface area contributed by atoms with E-state index >= 15 is 0 Å². The first-order chi connectivity index (χ1) is 15.6. The van der Waals surface area contributed by atoms with Crippen molar-refractivity contribution in [2.75, 3.05) is 27.2 Å². The zero-order chi connectivity index (χ0) is 23.3. The second-order valence-corrected chi connectivity index (χ2v) is 10.6. The summed E-state index contributed by atoms with van der Waals surface area (Å²) in [6, 6.07) is 10.3. The predicted molar refractivity (Wildman–Crippen MR) is 143 cm³/mol. The van der Waals surface area contributed by atoms with Crippen molar-refractivity contribution < 1.29 is 9.22 Å². The maximum Gasteiger partial charge on any atom is 0.147 e. The van der Waals surface area contributed by atoms with E-state index in [2.05, 4.69) is 52.2 Å². The predicted octanol–water partition coefficient (Wildman–Crippen LogP) is 9.18. The van der Waals surface area contributed by atoms with E-state index < -0.39 is 0 Å². The zero-order valence-corrected chi connectivity index (χ0v) is 22.3. The van der Waals surface area contributed by atoms with Crippen LogP contribution < -0.4 is 4.74 Å². The van der Waals surface area contributed by atoms with Crippen LogP contribution in [0.4, 0.5) is 0 Å². The maximum atomic E-state index is 6.22. The molecule has 0 amide bonds. The second kappa shape index (κ2) is 19.4. The van der Waals surface area contributed by atoms with Crippen molar-refractivity contribution in [2.24, 2.45) is 0 Å². The van der Waals surface area contributed by atoms with Crippen molar-refractivity contribution in [3.8, 4) is 5.75 Å². The zero-order valence-electron chi connectivity index (χ0n) is 22.3. The fourth-order valence-electron chi connectivity index (χ4n) is 4.67. The summed E-state index contributed by atoms with van der Waals surface area (Å²) < 4.78 is 7.28. The molecule has 0 aliphatic rings. The number of benzene rings is 1. The molecular weight excluding hydrogens is 390 g/mol. The summed E-state index contributed by atoms with van der Waals surface area (Å²) in [7, 11) is 4.73. The van der Waals surface area contributed by atoms with E-state index in [1.165, 1.54) is 109 Å². The standard InChI is InChI=1S/C30H56NO/c1-5-7-8-9-10-11-12-13-14-15-16-17-18-19-20-24-27-31(3,4)28-29(6-2)32-30-25-22-21-23-26-30/h21-23,25-26,29H,5-20,24,27-28H2,1-4H3/q+1. The van der Waals surface area contributed by atoms with Crippen molar-refractivity contribution in [1.29, 1.82) is 0 Å². The van der Waals surface area contributed by atoms with Crippen LogP contribution in [0.5, 0.6) is 5.75 Å². The molecule has 0 spiro atoms. The summed E-state index contributed by atoms with van der Waals surface area (Å²) in [5.74, 6) is 1.00. The van der Waals surface area contributed by atoms with Gasteiger partial charge >= 0.3 is 0 Å². The van der Waals surface area contributed by atoms with Crippen LogP contribution in [-0.4, -0.2) is 37.8 Å². The van der Waals surface area contributed by atoms with E-state index in [1.807, 2.05) is 6.07 Å². The average molecular weight is 447 g/mol. The normalized spacial score (nSPS) is 12.8. The Bertz CT molecular complexity index is 513. The van der Waals surface area contributed by atoms with Crippen LogP contribution in [0, 0.1) is 0 Å². The number of hydrogen-bond donors (Lipinski definition) is 0. The topological polar surface area (TPSA) is 9.23 Å². The van der Waals surface area contributed by atoms with Gasteiger partial charge in [0.05, 0.1) is 20.6 Å². The number of likely N-dealkylation sites (N-methyl/N-ethyl adjacent to an activating group) is 1. The summed E-state index contributed by atoms with van der Waals surface area (Å²) in [6.45, 7) is 6.88. The summed E-state index contributed by atoms with van der Waals surface area (Å²) in [4.78, 5) is 0. The Morgan fingerprint density at radius 1 is 0.625 bits per heavy atom. The molecule has 0 saturated carbocycles. The Morgan fingerprint density at radius 2 is 1.06 bits per heavy atom. The lowest BCUT2D eigenvalue weighted by Crippen LogP contribution is -2.47. The molecule has 0 heterocycles. The minimum Gasteiger partial charge on any atom is -0.485 e. The SMILES string of the molecule is CCCCCCCCCCCCCCCCCC[N+](C)(C)CC(CC)Oc1ccccc1. The fourth-order valence-corrected chi connectivity index (χ4v) is 4.67. The lowest BCUT2D eigenvalue weighted by atomic mass is 10.0. The molecule has 1 aromatic carbocycles. The van der Waals surface area contributed by atoms with E-state index in [4.69, 9.17) is 4.74 Å². The fraction of sp³-hybridized carbons (Fsp3) is 0.800. The van der Waals surface area contributed by atoms with Crippen LogP contribution in [0.1, 0.15) is 123 Å². The first kappa shape index (κ1) is 29.0. The molecule has 0 radical (unpaired) electrons. The van der Waals surface area contributed by atoms with Crippen molar-refractivity contribution in [3.05, 3.63) is 30.3 Å². The van der Waals surface area contributed by atoms with Crippen molar-refractivity contribution in [1.82, 2.24) is 0 Å². The second-order valence-electron chi connectivity index (χ2n) is 10.6. The minimum absolute atomic E-state index is 0.299. The van der Waals surface area contributed by atoms with Gasteiger partial charge in [0.1, 0.15) is 18.4 Å². The number of nitrogens with zero attached hydrogens (tertiary/aromatic N) is 1. The van der Waals surface area contributed by atoms with Gasteiger partial charge < -0.3 is 9.22 Å². The molecular formula is C30H56NO+. The molecule has 2 nitrogen and oxygen atoms in total. The Kier molecular flexibility index (Phi) is 17.6. The highest BCUT2D eigenvalue weighted by Gasteiger charge is 2.22. The molecule has 0 N–H and O–H groups in total. The molecule has 0 fully saturated rings. The van der Waals surface area contributed by atoms with Crippen molar-refractivity contribution >= 4 is 0 Å². The van der Waals surface area contributed by atoms with Crippen LogP contribution in [-0.2, 0) is 0 Å². The van der Waals surface area contributed by atoms with Gasteiger partial charge in [-0.25, -0.2) is 0 Å². The number of unbranched alkanes of at least 4 members (excludes halogenated alkanes) is 15. The third-order valence-electron chi connectivity index (χ3n) is 6.82. The van der Waals surface area contributed by atoms with Gasteiger partial charge in [0.25, 0.3) is 0 Å². The third-order valence-corrected chi connectivity index (χ3v) is 6.82. The van der Waals surface area contributed by atoms with Gasteiger partial charge in [-0.3, -0.25) is 0 Å². The molecule has 0 aliphatic carbocycles. The van der Waals surface area contributed by atoms with Gasteiger partial charge in [-0.15, -0.1) is 0 Å². The van der Waals surface area contributed by atoms with Crippen molar-refractivity contribution in [3.63, 3.8) is 0 Å². The first-order valence-electron chi connectivity index (χ1n) is 14.1. The smallest absolute Gasteiger partial charge is 0.147 e. The van der Waals surface area contributed by atoms with Crippen LogP contribution in [0.3, 0.4) is 0 Å². The molecule has 2 heteroatoms. The van der Waals surface area contributed by atoms with Gasteiger partial charge in [-0.2, -0.15) is 0 Å². The molecule has 32 heavy (non-hydrogen) atoms. The van der Waals surface area contributed by atoms with E-state index in [1.54, 1.807) is 0 Å². The number of quaternary nitrogens is 1. The van der Waals surface area contributed by atoms with Crippen LogP contribution in [0.2, 0.25) is 0 Å². The number of hydrogen-bond acceptors (Lipinski definition) is 1. The van der Waals surface area contributed by atoms with E-state index in [0.717, 1.165) is 23.2 Å². The van der Waals surface area contributed by atoms with Gasteiger partial charge in [0, 0.05) is 0 Å². The minimum atomic E-state index is 0.299. The highest BCUT2D eigenvalue weighted by molar-refractivity contribution is 5.21. The first-order valence-corrected chi connectivity index (χ1v) is 14.1. The molecule has 1 rings (SSSR count). The largest absolute Gasteiger partial charge is 0.485 e. The number of rotatable bonds is 22. The molecule has 0 saturated heterocycles. The average Bonchev–Trinajstić information content (AvgIpc) is 2.79. The van der Waals surface area contributed by atoms with Gasteiger partial charge in [-0.05, 0) is 31.4 Å². The Labute approximate surface area is 201 Å². The van der Waals surface area contributed by atoms with Crippen LogP contribution in [0.25, 0.3) is 0 Å². The highest BCUT2D eigenvalue weighted by Crippen LogP contribution is 2.17. The van der Waals surface area contributed by atoms with E-state index in [9.17, 15) is 0 Å². The summed E-state index contributed by atoms with van der Waals surface area (Å²) >= 11 is 0. The van der Waals surface area contributed by atoms with Crippen LogP contribution >= 0.6 is 0 Å². The molecule has 0 aromatic heterocycles. The molecule has 186 valence electrons. The Hall–Kier alpha value is -1.02. The lowest BCUT2D eigenvalue weighted by molar-refractivity contribution is -0.893. The maximum absolute atomic E-state index is 6.22. The highest BCUT2D eigenvalue weighted by atomic mass is 16.5. The molecule has 0 aliphatic heterocycles. The monoisotopic (exact) mass is 446 g/mol. The summed E-state index contributed by atoms with van der Waals surface area (Å²) in [6.07, 6.45) is 24.3. The Balaban J connectivity index is 1.94. The molecule has 1 unspecified atom stereocenters. The van der Waals surface area contributed by atoms with Crippen LogP contribution in [0.15, 0.2) is 30.3 Å². The van der Waals surface area contributed by atoms with Gasteiger partial charge in [-0.1, -0.05) is 122 Å². The van der Waals surface area contributed by atoms with E-state index in [-0.39, 0.29) is 0 Å². The Morgan fingerprint density at radius 3 is 1.50 bits per heavy atom. The molecule has 1 atom stereocenters. The van der Waals surface area contributed by atoms with Crippen molar-refractivity contribution in [2.45, 2.75) is 129 Å². The quantitative estimate of drug-likeness (QED) is 0.127. The number of ether oxygens (including phenoxy) is 1. The third kappa shape index (κ3) is 16.6. The summed E-state index contributed by atoms with van der Waals surface area (Å²) in [5.41, 5.74) is 0.